The number of alkyl halides is 6. The number of hydrogen-bond acceptors (Lipinski definition) is 3. The summed E-state index contributed by atoms with van der Waals surface area (Å²) in [6.07, 6.45) is -9.67. The predicted octanol–water partition coefficient (Wildman–Crippen LogP) is 4.48. The Bertz CT molecular complexity index is 707. The maximum atomic E-state index is 12.8. The molecule has 2 rings (SSSR count). The number of benzene rings is 1. The molecule has 0 radical (unpaired) electrons. The second kappa shape index (κ2) is 5.90. The van der Waals surface area contributed by atoms with Crippen molar-refractivity contribution in [2.75, 3.05) is 0 Å². The lowest BCUT2D eigenvalue weighted by molar-refractivity contribution is -0.274. The number of pyridine rings is 1. The van der Waals surface area contributed by atoms with Gasteiger partial charge in [0.2, 0.25) is 0 Å². The van der Waals surface area contributed by atoms with Crippen LogP contribution in [-0.2, 0) is 6.18 Å². The molecule has 0 unspecified atom stereocenters. The molecule has 0 saturated heterocycles. The van der Waals surface area contributed by atoms with Gasteiger partial charge in [-0.3, -0.25) is 4.79 Å². The quantitative estimate of drug-likeness (QED) is 0.613. The lowest BCUT2D eigenvalue weighted by atomic mass is 10.1. The van der Waals surface area contributed by atoms with Gasteiger partial charge in [0.05, 0.1) is 5.69 Å². The van der Waals surface area contributed by atoms with Crippen LogP contribution in [0.1, 0.15) is 16.1 Å². The molecule has 0 N–H and O–H groups in total. The summed E-state index contributed by atoms with van der Waals surface area (Å²) in [5, 5.41) is 0. The zero-order valence-corrected chi connectivity index (χ0v) is 11.1. The standard InChI is InChI=1S/C14H7F6NO2/c15-13(16,17)12-9(7-22)3-6-11(21-12)8-1-4-10(5-2-8)23-14(18,19)20/h1-7H. The van der Waals surface area contributed by atoms with Crippen molar-refractivity contribution in [3.8, 4) is 17.0 Å². The van der Waals surface area contributed by atoms with Crippen molar-refractivity contribution in [1.29, 1.82) is 0 Å². The number of halogens is 6. The predicted molar refractivity (Wildman–Crippen MR) is 66.7 cm³/mol. The maximum Gasteiger partial charge on any atom is 0.573 e. The van der Waals surface area contributed by atoms with Crippen LogP contribution < -0.4 is 4.74 Å². The summed E-state index contributed by atoms with van der Waals surface area (Å²) < 4.78 is 78.2. The van der Waals surface area contributed by atoms with Gasteiger partial charge in [0, 0.05) is 11.1 Å². The van der Waals surface area contributed by atoms with E-state index in [9.17, 15) is 31.1 Å². The van der Waals surface area contributed by atoms with E-state index in [-0.39, 0.29) is 17.5 Å². The number of rotatable bonds is 3. The van der Waals surface area contributed by atoms with Crippen LogP contribution in [0.2, 0.25) is 0 Å². The highest BCUT2D eigenvalue weighted by molar-refractivity contribution is 5.78. The molecule has 0 saturated carbocycles. The molecule has 0 bridgehead atoms. The van der Waals surface area contributed by atoms with Gasteiger partial charge in [0.1, 0.15) is 5.75 Å². The SMILES string of the molecule is O=Cc1ccc(-c2ccc(OC(F)(F)F)cc2)nc1C(F)(F)F. The first-order chi connectivity index (χ1) is 10.6. The lowest BCUT2D eigenvalue weighted by Gasteiger charge is -2.11. The highest BCUT2D eigenvalue weighted by Gasteiger charge is 2.35. The topological polar surface area (TPSA) is 39.2 Å². The summed E-state index contributed by atoms with van der Waals surface area (Å²) in [4.78, 5) is 14.0. The number of carbonyl (C=O) groups is 1. The number of aldehydes is 1. The first-order valence-electron chi connectivity index (χ1n) is 6.00. The molecule has 0 aliphatic carbocycles. The van der Waals surface area contributed by atoms with E-state index < -0.39 is 29.5 Å². The highest BCUT2D eigenvalue weighted by Crippen LogP contribution is 2.32. The average molecular weight is 335 g/mol. The molecule has 0 aliphatic rings. The smallest absolute Gasteiger partial charge is 0.406 e. The van der Waals surface area contributed by atoms with Crippen molar-refractivity contribution in [1.82, 2.24) is 4.98 Å². The fourth-order valence-corrected chi connectivity index (χ4v) is 1.78. The molecule has 0 spiro atoms. The fourth-order valence-electron chi connectivity index (χ4n) is 1.78. The minimum Gasteiger partial charge on any atom is -0.406 e. The van der Waals surface area contributed by atoms with Crippen molar-refractivity contribution < 1.29 is 35.9 Å². The summed E-state index contributed by atoms with van der Waals surface area (Å²) in [5.41, 5.74) is -1.98. The van der Waals surface area contributed by atoms with Gasteiger partial charge in [-0.25, -0.2) is 4.98 Å². The molecule has 0 atom stereocenters. The molecule has 1 heterocycles. The second-order valence-electron chi connectivity index (χ2n) is 4.32. The summed E-state index contributed by atoms with van der Waals surface area (Å²) in [7, 11) is 0. The largest absolute Gasteiger partial charge is 0.573 e. The molecule has 1 aromatic heterocycles. The van der Waals surface area contributed by atoms with Crippen LogP contribution >= 0.6 is 0 Å². The van der Waals surface area contributed by atoms with E-state index >= 15 is 0 Å². The second-order valence-corrected chi connectivity index (χ2v) is 4.32. The Morgan fingerprint density at radius 3 is 2.00 bits per heavy atom. The van der Waals surface area contributed by atoms with Crippen molar-refractivity contribution in [2.24, 2.45) is 0 Å². The third-order valence-electron chi connectivity index (χ3n) is 2.71. The third kappa shape index (κ3) is 4.21. The van der Waals surface area contributed by atoms with E-state index in [1.54, 1.807) is 0 Å². The summed E-state index contributed by atoms with van der Waals surface area (Å²) in [6.45, 7) is 0. The summed E-state index contributed by atoms with van der Waals surface area (Å²) >= 11 is 0. The van der Waals surface area contributed by atoms with Crippen molar-refractivity contribution >= 4 is 6.29 Å². The van der Waals surface area contributed by atoms with Crippen molar-refractivity contribution in [3.63, 3.8) is 0 Å². The molecule has 2 aromatic rings. The van der Waals surface area contributed by atoms with Crippen LogP contribution in [0.4, 0.5) is 26.3 Å². The van der Waals surface area contributed by atoms with Crippen LogP contribution in [0.15, 0.2) is 36.4 Å². The van der Waals surface area contributed by atoms with E-state index in [2.05, 4.69) is 9.72 Å². The van der Waals surface area contributed by atoms with E-state index in [1.807, 2.05) is 0 Å². The van der Waals surface area contributed by atoms with E-state index in [0.29, 0.717) is 0 Å². The van der Waals surface area contributed by atoms with Gasteiger partial charge in [-0.2, -0.15) is 13.2 Å². The fraction of sp³-hybridized carbons (Fsp3) is 0.143. The normalized spacial score (nSPS) is 12.1. The Hall–Kier alpha value is -2.58. The molecule has 0 amide bonds. The molecule has 0 aliphatic heterocycles. The first-order valence-corrected chi connectivity index (χ1v) is 6.00. The molecule has 1 aromatic carbocycles. The Balaban J connectivity index is 2.37. The third-order valence-corrected chi connectivity index (χ3v) is 2.71. The zero-order chi connectivity index (χ0) is 17.3. The lowest BCUT2D eigenvalue weighted by Crippen LogP contribution is -2.17. The van der Waals surface area contributed by atoms with Crippen LogP contribution in [0.3, 0.4) is 0 Å². The number of nitrogens with zero attached hydrogens (tertiary/aromatic N) is 1. The summed E-state index contributed by atoms with van der Waals surface area (Å²) in [5.74, 6) is -0.512. The molecule has 9 heteroatoms. The molecule has 3 nitrogen and oxygen atoms in total. The summed E-state index contributed by atoms with van der Waals surface area (Å²) in [6, 6.07) is 6.27. The monoisotopic (exact) mass is 335 g/mol. The van der Waals surface area contributed by atoms with E-state index in [4.69, 9.17) is 0 Å². The minimum absolute atomic E-state index is 0.0277. The molecular weight excluding hydrogens is 328 g/mol. The Morgan fingerprint density at radius 1 is 0.913 bits per heavy atom. The molecule has 23 heavy (non-hydrogen) atoms. The number of aromatic nitrogens is 1. The van der Waals surface area contributed by atoms with Crippen molar-refractivity contribution in [2.45, 2.75) is 12.5 Å². The van der Waals surface area contributed by atoms with Crippen LogP contribution in [-0.4, -0.2) is 17.6 Å². The van der Waals surface area contributed by atoms with Crippen LogP contribution in [0, 0.1) is 0 Å². The van der Waals surface area contributed by atoms with Gasteiger partial charge in [0.25, 0.3) is 0 Å². The highest BCUT2D eigenvalue weighted by atomic mass is 19.4. The van der Waals surface area contributed by atoms with Gasteiger partial charge in [-0.05, 0) is 36.4 Å². The molecular formula is C14H7F6NO2. The number of hydrogen-bond donors (Lipinski definition) is 0. The van der Waals surface area contributed by atoms with Gasteiger partial charge in [0.15, 0.2) is 12.0 Å². The molecule has 122 valence electrons. The zero-order valence-electron chi connectivity index (χ0n) is 11.1. The Kier molecular flexibility index (Phi) is 4.31. The van der Waals surface area contributed by atoms with Crippen molar-refractivity contribution in [3.05, 3.63) is 47.7 Å². The Labute approximate surface area is 125 Å². The van der Waals surface area contributed by atoms with Gasteiger partial charge in [-0.1, -0.05) is 0 Å². The van der Waals surface area contributed by atoms with E-state index in [0.717, 1.165) is 30.3 Å². The van der Waals surface area contributed by atoms with Gasteiger partial charge < -0.3 is 4.74 Å². The van der Waals surface area contributed by atoms with Crippen LogP contribution in [0.25, 0.3) is 11.3 Å². The van der Waals surface area contributed by atoms with Gasteiger partial charge in [-0.15, -0.1) is 13.2 Å². The average Bonchev–Trinajstić information content (AvgIpc) is 2.45. The Morgan fingerprint density at radius 2 is 1.52 bits per heavy atom. The first kappa shape index (κ1) is 16.8. The minimum atomic E-state index is -4.87. The van der Waals surface area contributed by atoms with E-state index in [1.165, 1.54) is 6.07 Å². The van der Waals surface area contributed by atoms with Gasteiger partial charge >= 0.3 is 12.5 Å². The molecule has 0 fully saturated rings. The van der Waals surface area contributed by atoms with Crippen LogP contribution in [0.5, 0.6) is 5.75 Å². The number of carbonyl (C=O) groups excluding carboxylic acids is 1. The maximum absolute atomic E-state index is 12.8. The number of ether oxygens (including phenoxy) is 1.